The predicted molar refractivity (Wildman–Crippen MR) is 75.7 cm³/mol. The Kier molecular flexibility index (Phi) is 6.11. The minimum absolute atomic E-state index is 0.0196. The Balaban J connectivity index is 2.84. The number of amides is 1. The number of carbonyl (C=O) groups excluding carboxylic acids is 1. The molecule has 1 aromatic rings. The summed E-state index contributed by atoms with van der Waals surface area (Å²) in [6.45, 7) is 5.65. The van der Waals surface area contributed by atoms with Gasteiger partial charge in [0.1, 0.15) is 0 Å². The first-order valence-electron chi connectivity index (χ1n) is 6.48. The number of methoxy groups -OCH3 is 1. The van der Waals surface area contributed by atoms with Crippen LogP contribution in [0.1, 0.15) is 24.2 Å². The Hall–Kier alpha value is -1.95. The molecule has 0 heterocycles. The highest BCUT2D eigenvalue weighted by molar-refractivity contribution is 5.94. The minimum atomic E-state index is -0.481. The van der Waals surface area contributed by atoms with Crippen LogP contribution in [-0.4, -0.2) is 42.5 Å². The van der Waals surface area contributed by atoms with E-state index >= 15 is 0 Å². The zero-order valence-corrected chi connectivity index (χ0v) is 12.0. The number of hydrogen-bond donors (Lipinski definition) is 0. The third-order valence-corrected chi connectivity index (χ3v) is 2.76. The Morgan fingerprint density at radius 3 is 2.40 bits per heavy atom. The summed E-state index contributed by atoms with van der Waals surface area (Å²) in [5, 5.41) is 10.6. The maximum absolute atomic E-state index is 12.4. The van der Waals surface area contributed by atoms with E-state index in [0.29, 0.717) is 31.2 Å². The van der Waals surface area contributed by atoms with Crippen molar-refractivity contribution in [1.29, 1.82) is 0 Å². The van der Waals surface area contributed by atoms with Crippen molar-refractivity contribution < 1.29 is 14.5 Å². The smallest absolute Gasteiger partial charge is 0.269 e. The van der Waals surface area contributed by atoms with Gasteiger partial charge in [-0.25, -0.2) is 0 Å². The number of nitro groups is 1. The molecule has 0 saturated carbocycles. The van der Waals surface area contributed by atoms with Gasteiger partial charge in [0.25, 0.3) is 11.6 Å². The van der Waals surface area contributed by atoms with Gasteiger partial charge in [0, 0.05) is 37.9 Å². The number of carbonyl (C=O) groups is 1. The molecular formula is C14H20N2O4. The minimum Gasteiger partial charge on any atom is -0.383 e. The van der Waals surface area contributed by atoms with Crippen LogP contribution in [0, 0.1) is 16.0 Å². The summed E-state index contributed by atoms with van der Waals surface area (Å²) in [4.78, 5) is 24.2. The molecule has 6 heteroatoms. The van der Waals surface area contributed by atoms with Gasteiger partial charge in [-0.15, -0.1) is 0 Å². The van der Waals surface area contributed by atoms with Gasteiger partial charge in [0.05, 0.1) is 11.5 Å². The third-order valence-electron chi connectivity index (χ3n) is 2.76. The Labute approximate surface area is 118 Å². The second kappa shape index (κ2) is 7.59. The standard InChI is InChI=1S/C14H20N2O4/c1-11(2)10-15(8-9-20-3)14(17)12-4-6-13(7-5-12)16(18)19/h4-7,11H,8-10H2,1-3H3. The van der Waals surface area contributed by atoms with Gasteiger partial charge in [0.15, 0.2) is 0 Å². The van der Waals surface area contributed by atoms with Crippen LogP contribution in [0.15, 0.2) is 24.3 Å². The van der Waals surface area contributed by atoms with Crippen molar-refractivity contribution in [3.63, 3.8) is 0 Å². The SMILES string of the molecule is COCCN(CC(C)C)C(=O)c1ccc([N+](=O)[O-])cc1. The summed E-state index contributed by atoms with van der Waals surface area (Å²) in [5.74, 6) is 0.208. The van der Waals surface area contributed by atoms with E-state index in [1.165, 1.54) is 24.3 Å². The second-order valence-electron chi connectivity index (χ2n) is 4.94. The van der Waals surface area contributed by atoms with Crippen molar-refractivity contribution in [1.82, 2.24) is 4.90 Å². The Bertz CT molecular complexity index is 457. The van der Waals surface area contributed by atoms with Gasteiger partial charge in [-0.2, -0.15) is 0 Å². The number of benzene rings is 1. The molecule has 0 fully saturated rings. The van der Waals surface area contributed by atoms with E-state index < -0.39 is 4.92 Å². The maximum atomic E-state index is 12.4. The maximum Gasteiger partial charge on any atom is 0.269 e. The van der Waals surface area contributed by atoms with Gasteiger partial charge < -0.3 is 9.64 Å². The lowest BCUT2D eigenvalue weighted by atomic mass is 10.1. The fourth-order valence-electron chi connectivity index (χ4n) is 1.83. The van der Waals surface area contributed by atoms with E-state index in [9.17, 15) is 14.9 Å². The Morgan fingerprint density at radius 2 is 1.95 bits per heavy atom. The molecule has 0 spiro atoms. The van der Waals surface area contributed by atoms with Crippen LogP contribution in [-0.2, 0) is 4.74 Å². The van der Waals surface area contributed by atoms with Crippen LogP contribution >= 0.6 is 0 Å². The quantitative estimate of drug-likeness (QED) is 0.567. The molecule has 1 rings (SSSR count). The first-order chi connectivity index (χ1) is 9.45. The molecular weight excluding hydrogens is 260 g/mol. The molecule has 0 radical (unpaired) electrons. The average Bonchev–Trinajstić information content (AvgIpc) is 2.42. The Morgan fingerprint density at radius 1 is 1.35 bits per heavy atom. The second-order valence-corrected chi connectivity index (χ2v) is 4.94. The number of ether oxygens (including phenoxy) is 1. The predicted octanol–water partition coefficient (Wildman–Crippen LogP) is 2.34. The fraction of sp³-hybridized carbons (Fsp3) is 0.500. The van der Waals surface area contributed by atoms with Gasteiger partial charge in [-0.05, 0) is 18.1 Å². The van der Waals surface area contributed by atoms with Crippen molar-refractivity contribution >= 4 is 11.6 Å². The normalized spacial score (nSPS) is 10.6. The monoisotopic (exact) mass is 280 g/mol. The van der Waals surface area contributed by atoms with E-state index in [0.717, 1.165) is 0 Å². The van der Waals surface area contributed by atoms with Crippen LogP contribution < -0.4 is 0 Å². The summed E-state index contributed by atoms with van der Waals surface area (Å²) in [5.41, 5.74) is 0.432. The molecule has 0 bridgehead atoms. The van der Waals surface area contributed by atoms with Crippen LogP contribution in [0.25, 0.3) is 0 Å². The molecule has 0 aliphatic heterocycles. The molecule has 0 aliphatic rings. The molecule has 0 unspecified atom stereocenters. The van der Waals surface area contributed by atoms with E-state index in [1.807, 2.05) is 13.8 Å². The van der Waals surface area contributed by atoms with Crippen molar-refractivity contribution in [2.24, 2.45) is 5.92 Å². The van der Waals surface area contributed by atoms with E-state index in [4.69, 9.17) is 4.74 Å². The lowest BCUT2D eigenvalue weighted by molar-refractivity contribution is -0.384. The van der Waals surface area contributed by atoms with Crippen LogP contribution in [0.3, 0.4) is 0 Å². The summed E-state index contributed by atoms with van der Waals surface area (Å²) in [7, 11) is 1.59. The zero-order valence-electron chi connectivity index (χ0n) is 12.0. The van der Waals surface area contributed by atoms with Gasteiger partial charge >= 0.3 is 0 Å². The first-order valence-corrected chi connectivity index (χ1v) is 6.48. The molecule has 1 aromatic carbocycles. The van der Waals surface area contributed by atoms with Gasteiger partial charge in [-0.3, -0.25) is 14.9 Å². The summed E-state index contributed by atoms with van der Waals surface area (Å²) < 4.78 is 5.01. The van der Waals surface area contributed by atoms with E-state index in [1.54, 1.807) is 12.0 Å². The highest BCUT2D eigenvalue weighted by Crippen LogP contribution is 2.14. The summed E-state index contributed by atoms with van der Waals surface area (Å²) in [6.07, 6.45) is 0. The number of nitro benzene ring substituents is 1. The van der Waals surface area contributed by atoms with Crippen molar-refractivity contribution in [3.8, 4) is 0 Å². The molecule has 20 heavy (non-hydrogen) atoms. The van der Waals surface area contributed by atoms with Gasteiger partial charge in [-0.1, -0.05) is 13.8 Å². The average molecular weight is 280 g/mol. The number of nitrogens with zero attached hydrogens (tertiary/aromatic N) is 2. The number of non-ortho nitro benzene ring substituents is 1. The van der Waals surface area contributed by atoms with Crippen molar-refractivity contribution in [2.75, 3.05) is 26.8 Å². The van der Waals surface area contributed by atoms with E-state index in [2.05, 4.69) is 0 Å². The zero-order chi connectivity index (χ0) is 15.1. The summed E-state index contributed by atoms with van der Waals surface area (Å²) >= 11 is 0. The van der Waals surface area contributed by atoms with Crippen LogP contribution in [0.2, 0.25) is 0 Å². The topological polar surface area (TPSA) is 72.7 Å². The first kappa shape index (κ1) is 16.1. The molecule has 0 atom stereocenters. The molecule has 6 nitrogen and oxygen atoms in total. The molecule has 1 amide bonds. The van der Waals surface area contributed by atoms with Crippen molar-refractivity contribution in [3.05, 3.63) is 39.9 Å². The molecule has 0 saturated heterocycles. The van der Waals surface area contributed by atoms with Crippen LogP contribution in [0.4, 0.5) is 5.69 Å². The molecule has 0 aliphatic carbocycles. The third kappa shape index (κ3) is 4.62. The lowest BCUT2D eigenvalue weighted by Crippen LogP contribution is -2.36. The summed E-state index contributed by atoms with van der Waals surface area (Å²) in [6, 6.07) is 5.66. The van der Waals surface area contributed by atoms with Crippen LogP contribution in [0.5, 0.6) is 0 Å². The largest absolute Gasteiger partial charge is 0.383 e. The van der Waals surface area contributed by atoms with E-state index in [-0.39, 0.29) is 11.6 Å². The van der Waals surface area contributed by atoms with Gasteiger partial charge in [0.2, 0.25) is 0 Å². The highest BCUT2D eigenvalue weighted by Gasteiger charge is 2.17. The molecule has 110 valence electrons. The lowest BCUT2D eigenvalue weighted by Gasteiger charge is -2.24. The number of hydrogen-bond acceptors (Lipinski definition) is 4. The van der Waals surface area contributed by atoms with Crippen molar-refractivity contribution in [2.45, 2.75) is 13.8 Å². The highest BCUT2D eigenvalue weighted by atomic mass is 16.6. The number of rotatable bonds is 7. The molecule has 0 aromatic heterocycles. The molecule has 0 N–H and O–H groups in total. The fourth-order valence-corrected chi connectivity index (χ4v) is 1.83.